The molecule has 0 amide bonds. The van der Waals surface area contributed by atoms with Gasteiger partial charge in [0.05, 0.1) is 11.6 Å². The molecule has 0 N–H and O–H groups in total. The normalized spacial score (nSPS) is 15.8. The van der Waals surface area contributed by atoms with Crippen molar-refractivity contribution in [1.82, 2.24) is 9.80 Å². The van der Waals surface area contributed by atoms with E-state index in [1.54, 1.807) is 6.07 Å². The Kier molecular flexibility index (Phi) is 6.19. The van der Waals surface area contributed by atoms with Gasteiger partial charge in [-0.05, 0) is 67.4 Å². The zero-order valence-corrected chi connectivity index (χ0v) is 17.8. The minimum absolute atomic E-state index is 0.323. The molecule has 0 aliphatic carbocycles. The number of benzene rings is 2. The summed E-state index contributed by atoms with van der Waals surface area (Å²) >= 11 is 6.33. The molecule has 1 aliphatic heterocycles. The van der Waals surface area contributed by atoms with Gasteiger partial charge in [-0.1, -0.05) is 23.7 Å². The summed E-state index contributed by atoms with van der Waals surface area (Å²) in [5.74, 6) is 0. The third-order valence-electron chi connectivity index (χ3n) is 5.67. The van der Waals surface area contributed by atoms with E-state index in [9.17, 15) is 4.79 Å². The van der Waals surface area contributed by atoms with E-state index in [1.165, 1.54) is 5.56 Å². The summed E-state index contributed by atoms with van der Waals surface area (Å²) in [5, 5.41) is 10.5. The second-order valence-electron chi connectivity index (χ2n) is 7.90. The molecule has 5 nitrogen and oxygen atoms in total. The molecular weight excluding hydrogens is 398 g/mol. The smallest absolute Gasteiger partial charge is 0.336 e. The standard InChI is InChI=1S/C24H24ClN3O2/c1-17-11-23-21(13-22(17)25)20(12-24(29)30-23)16-28-8-2-7-27(9-10-28)15-19-5-3-18(14-26)4-6-19/h3-6,11-13H,2,7-10,15-16H2,1H3. The molecule has 0 radical (unpaired) electrons. The zero-order valence-electron chi connectivity index (χ0n) is 17.0. The molecule has 3 aromatic rings. The van der Waals surface area contributed by atoms with Crippen molar-refractivity contribution in [3.05, 3.63) is 80.2 Å². The molecule has 154 valence electrons. The van der Waals surface area contributed by atoms with Gasteiger partial charge in [0.15, 0.2) is 0 Å². The Morgan fingerprint density at radius 3 is 2.43 bits per heavy atom. The van der Waals surface area contributed by atoms with Gasteiger partial charge < -0.3 is 4.42 Å². The van der Waals surface area contributed by atoms with E-state index in [4.69, 9.17) is 21.3 Å². The van der Waals surface area contributed by atoms with Crippen molar-refractivity contribution in [2.75, 3.05) is 26.2 Å². The van der Waals surface area contributed by atoms with Crippen LogP contribution in [0.2, 0.25) is 5.02 Å². The molecule has 1 aliphatic rings. The number of aryl methyl sites for hydroxylation is 1. The summed E-state index contributed by atoms with van der Waals surface area (Å²) in [7, 11) is 0. The average molecular weight is 422 g/mol. The van der Waals surface area contributed by atoms with Crippen molar-refractivity contribution in [2.45, 2.75) is 26.4 Å². The first-order chi connectivity index (χ1) is 14.5. The molecule has 0 unspecified atom stereocenters. The van der Waals surface area contributed by atoms with E-state index >= 15 is 0 Å². The van der Waals surface area contributed by atoms with E-state index < -0.39 is 0 Å². The fourth-order valence-electron chi connectivity index (χ4n) is 4.00. The molecule has 4 rings (SSSR count). The highest BCUT2D eigenvalue weighted by Crippen LogP contribution is 2.26. The first-order valence-electron chi connectivity index (χ1n) is 10.2. The maximum Gasteiger partial charge on any atom is 0.336 e. The van der Waals surface area contributed by atoms with Gasteiger partial charge in [-0.15, -0.1) is 0 Å². The molecule has 1 aromatic heterocycles. The lowest BCUT2D eigenvalue weighted by atomic mass is 10.1. The van der Waals surface area contributed by atoms with Crippen LogP contribution in [0.15, 0.2) is 51.7 Å². The number of fused-ring (bicyclic) bond motifs is 1. The zero-order chi connectivity index (χ0) is 21.1. The molecule has 6 heteroatoms. The summed E-state index contributed by atoms with van der Waals surface area (Å²) in [6.45, 7) is 7.38. The van der Waals surface area contributed by atoms with E-state index in [2.05, 4.69) is 15.9 Å². The monoisotopic (exact) mass is 421 g/mol. The van der Waals surface area contributed by atoms with E-state index in [0.717, 1.165) is 55.7 Å². The maximum atomic E-state index is 12.1. The quantitative estimate of drug-likeness (QED) is 0.586. The van der Waals surface area contributed by atoms with Gasteiger partial charge in [-0.2, -0.15) is 5.26 Å². The van der Waals surface area contributed by atoms with Crippen LogP contribution >= 0.6 is 11.6 Å². The molecule has 1 saturated heterocycles. The summed E-state index contributed by atoms with van der Waals surface area (Å²) in [6, 6.07) is 15.3. The molecule has 2 heterocycles. The lowest BCUT2D eigenvalue weighted by Crippen LogP contribution is -2.30. The molecule has 2 aromatic carbocycles. The van der Waals surface area contributed by atoms with Gasteiger partial charge in [-0.25, -0.2) is 4.79 Å². The molecule has 0 bridgehead atoms. The number of hydrogen-bond donors (Lipinski definition) is 0. The first-order valence-corrected chi connectivity index (χ1v) is 10.6. The Bertz CT molecular complexity index is 1150. The highest BCUT2D eigenvalue weighted by molar-refractivity contribution is 6.32. The second-order valence-corrected chi connectivity index (χ2v) is 8.31. The van der Waals surface area contributed by atoms with Gasteiger partial charge in [0.1, 0.15) is 5.58 Å². The number of halogens is 1. The summed E-state index contributed by atoms with van der Waals surface area (Å²) in [6.07, 6.45) is 1.06. The fourth-order valence-corrected chi connectivity index (χ4v) is 4.17. The average Bonchev–Trinajstić information content (AvgIpc) is 2.95. The van der Waals surface area contributed by atoms with Crippen LogP contribution in [0.4, 0.5) is 0 Å². The predicted molar refractivity (Wildman–Crippen MR) is 119 cm³/mol. The van der Waals surface area contributed by atoms with Crippen LogP contribution in [0.25, 0.3) is 11.0 Å². The van der Waals surface area contributed by atoms with Gasteiger partial charge in [0.25, 0.3) is 0 Å². The van der Waals surface area contributed by atoms with Crippen LogP contribution in [-0.2, 0) is 13.1 Å². The van der Waals surface area contributed by atoms with Crippen molar-refractivity contribution in [3.63, 3.8) is 0 Å². The Morgan fingerprint density at radius 1 is 1.03 bits per heavy atom. The van der Waals surface area contributed by atoms with Gasteiger partial charge in [-0.3, -0.25) is 9.80 Å². The number of rotatable bonds is 4. The number of nitrogens with zero attached hydrogens (tertiary/aromatic N) is 3. The van der Waals surface area contributed by atoms with Crippen LogP contribution in [0.3, 0.4) is 0 Å². The van der Waals surface area contributed by atoms with Crippen molar-refractivity contribution < 1.29 is 4.42 Å². The SMILES string of the molecule is Cc1cc2oc(=O)cc(CN3CCCN(Cc4ccc(C#N)cc4)CC3)c2cc1Cl. The second kappa shape index (κ2) is 9.01. The van der Waals surface area contributed by atoms with Crippen LogP contribution in [0, 0.1) is 18.3 Å². The molecule has 0 spiro atoms. The van der Waals surface area contributed by atoms with E-state index in [1.807, 2.05) is 43.3 Å². The molecule has 30 heavy (non-hydrogen) atoms. The highest BCUT2D eigenvalue weighted by atomic mass is 35.5. The van der Waals surface area contributed by atoms with Crippen molar-refractivity contribution in [1.29, 1.82) is 5.26 Å². The van der Waals surface area contributed by atoms with Crippen LogP contribution in [0.1, 0.15) is 28.7 Å². The Labute approximate surface area is 181 Å². The van der Waals surface area contributed by atoms with Crippen LogP contribution in [0.5, 0.6) is 0 Å². The first kappa shape index (κ1) is 20.6. The highest BCUT2D eigenvalue weighted by Gasteiger charge is 2.17. The van der Waals surface area contributed by atoms with E-state index in [-0.39, 0.29) is 5.63 Å². The Balaban J connectivity index is 1.46. The van der Waals surface area contributed by atoms with E-state index in [0.29, 0.717) is 22.7 Å². The van der Waals surface area contributed by atoms with Gasteiger partial charge in [0.2, 0.25) is 0 Å². The summed E-state index contributed by atoms with van der Waals surface area (Å²) in [5.41, 5.74) is 4.05. The Morgan fingerprint density at radius 2 is 1.73 bits per heavy atom. The van der Waals surface area contributed by atoms with Crippen LogP contribution < -0.4 is 5.63 Å². The molecule has 0 saturated carbocycles. The largest absolute Gasteiger partial charge is 0.423 e. The lowest BCUT2D eigenvalue weighted by molar-refractivity contribution is 0.247. The fraction of sp³-hybridized carbons (Fsp3) is 0.333. The minimum atomic E-state index is -0.323. The summed E-state index contributed by atoms with van der Waals surface area (Å²) in [4.78, 5) is 16.9. The summed E-state index contributed by atoms with van der Waals surface area (Å²) < 4.78 is 5.39. The number of nitriles is 1. The predicted octanol–water partition coefficient (Wildman–Crippen LogP) is 4.33. The van der Waals surface area contributed by atoms with Gasteiger partial charge in [0, 0.05) is 42.7 Å². The van der Waals surface area contributed by atoms with Crippen molar-refractivity contribution in [2.24, 2.45) is 0 Å². The maximum absolute atomic E-state index is 12.1. The van der Waals surface area contributed by atoms with Crippen molar-refractivity contribution in [3.8, 4) is 6.07 Å². The molecular formula is C24H24ClN3O2. The molecule has 1 fully saturated rings. The Hall–Kier alpha value is -2.65. The lowest BCUT2D eigenvalue weighted by Gasteiger charge is -2.22. The molecule has 0 atom stereocenters. The number of hydrogen-bond acceptors (Lipinski definition) is 5. The van der Waals surface area contributed by atoms with Crippen LogP contribution in [-0.4, -0.2) is 36.0 Å². The van der Waals surface area contributed by atoms with Gasteiger partial charge >= 0.3 is 5.63 Å². The third-order valence-corrected chi connectivity index (χ3v) is 6.08. The minimum Gasteiger partial charge on any atom is -0.423 e. The van der Waals surface area contributed by atoms with Crippen molar-refractivity contribution >= 4 is 22.6 Å². The topological polar surface area (TPSA) is 60.5 Å². The third kappa shape index (κ3) is 4.73.